The van der Waals surface area contributed by atoms with Crippen molar-refractivity contribution in [2.75, 3.05) is 13.2 Å². The molecule has 30 heavy (non-hydrogen) atoms. The first-order valence-electron chi connectivity index (χ1n) is 9.62. The lowest BCUT2D eigenvalue weighted by Crippen LogP contribution is -2.35. The number of nitrogens with zero attached hydrogens (tertiary/aromatic N) is 2. The molecule has 0 unspecified atom stereocenters. The molecule has 0 radical (unpaired) electrons. The number of nitriles is 1. The standard InChI is InChI=1S/C24H22N2O4/c25-14-8-15-26(17-21-13-7-16-29-21)22(27)18-30-24(28)23(19-9-3-1-4-10-19)20-11-5-2-6-12-20/h1-7,9-13,16,23H,8,15,17-18H2. The molecule has 6 heteroatoms. The second-order valence-corrected chi connectivity index (χ2v) is 6.66. The van der Waals surface area contributed by atoms with Crippen molar-refractivity contribution in [1.29, 1.82) is 5.26 Å². The topological polar surface area (TPSA) is 83.5 Å². The van der Waals surface area contributed by atoms with Crippen molar-refractivity contribution in [2.45, 2.75) is 18.9 Å². The summed E-state index contributed by atoms with van der Waals surface area (Å²) in [6.45, 7) is 0.0430. The van der Waals surface area contributed by atoms with Gasteiger partial charge in [-0.2, -0.15) is 5.26 Å². The maximum atomic E-state index is 12.9. The van der Waals surface area contributed by atoms with E-state index in [2.05, 4.69) is 0 Å². The molecule has 0 aliphatic rings. The van der Waals surface area contributed by atoms with Crippen LogP contribution in [-0.4, -0.2) is 29.9 Å². The number of rotatable bonds is 9. The molecule has 0 aliphatic heterocycles. The molecule has 0 fully saturated rings. The first kappa shape index (κ1) is 20.9. The zero-order valence-electron chi connectivity index (χ0n) is 16.4. The molecular weight excluding hydrogens is 380 g/mol. The van der Waals surface area contributed by atoms with Crippen LogP contribution in [-0.2, 0) is 20.9 Å². The Balaban J connectivity index is 1.70. The number of carbonyl (C=O) groups excluding carboxylic acids is 2. The zero-order chi connectivity index (χ0) is 21.2. The predicted molar refractivity (Wildman–Crippen MR) is 110 cm³/mol. The zero-order valence-corrected chi connectivity index (χ0v) is 16.4. The first-order chi connectivity index (χ1) is 14.7. The van der Waals surface area contributed by atoms with Crippen LogP contribution in [0.25, 0.3) is 0 Å². The molecule has 0 atom stereocenters. The Kier molecular flexibility index (Phi) is 7.39. The van der Waals surface area contributed by atoms with Gasteiger partial charge in [0.25, 0.3) is 5.91 Å². The van der Waals surface area contributed by atoms with E-state index in [0.717, 1.165) is 11.1 Å². The van der Waals surface area contributed by atoms with Gasteiger partial charge in [0.05, 0.1) is 25.3 Å². The van der Waals surface area contributed by atoms with Gasteiger partial charge in [0.1, 0.15) is 11.7 Å². The van der Waals surface area contributed by atoms with Crippen molar-refractivity contribution >= 4 is 11.9 Å². The molecule has 6 nitrogen and oxygen atoms in total. The van der Waals surface area contributed by atoms with Gasteiger partial charge in [-0.05, 0) is 23.3 Å². The van der Waals surface area contributed by atoms with E-state index in [9.17, 15) is 9.59 Å². The fraction of sp³-hybridized carbons (Fsp3) is 0.208. The second kappa shape index (κ2) is 10.6. The van der Waals surface area contributed by atoms with E-state index in [1.807, 2.05) is 66.7 Å². The number of amides is 1. The lowest BCUT2D eigenvalue weighted by molar-refractivity contribution is -0.152. The fourth-order valence-electron chi connectivity index (χ4n) is 3.13. The minimum Gasteiger partial charge on any atom is -0.467 e. The van der Waals surface area contributed by atoms with Crippen molar-refractivity contribution in [1.82, 2.24) is 4.90 Å². The molecular formula is C24H22N2O4. The number of hydrogen-bond acceptors (Lipinski definition) is 5. The Labute approximate surface area is 175 Å². The first-order valence-corrected chi connectivity index (χ1v) is 9.62. The average Bonchev–Trinajstić information content (AvgIpc) is 3.30. The quantitative estimate of drug-likeness (QED) is 0.507. The minimum atomic E-state index is -0.627. The van der Waals surface area contributed by atoms with Crippen LogP contribution in [0.2, 0.25) is 0 Å². The molecule has 0 saturated carbocycles. The molecule has 1 amide bonds. The summed E-state index contributed by atoms with van der Waals surface area (Å²) >= 11 is 0. The molecule has 3 rings (SSSR count). The predicted octanol–water partition coefficient (Wildman–Crippen LogP) is 3.90. The summed E-state index contributed by atoms with van der Waals surface area (Å²) in [5, 5.41) is 8.87. The van der Waals surface area contributed by atoms with Crippen molar-refractivity contribution < 1.29 is 18.7 Å². The van der Waals surface area contributed by atoms with Gasteiger partial charge in [-0.15, -0.1) is 0 Å². The molecule has 0 saturated heterocycles. The Morgan fingerprint density at radius 1 is 0.967 bits per heavy atom. The van der Waals surface area contributed by atoms with E-state index in [-0.39, 0.29) is 25.4 Å². The summed E-state index contributed by atoms with van der Waals surface area (Å²) in [5.41, 5.74) is 1.58. The smallest absolute Gasteiger partial charge is 0.318 e. The minimum absolute atomic E-state index is 0.178. The molecule has 1 heterocycles. The van der Waals surface area contributed by atoms with Crippen molar-refractivity contribution in [3.63, 3.8) is 0 Å². The molecule has 2 aromatic carbocycles. The van der Waals surface area contributed by atoms with E-state index in [0.29, 0.717) is 5.76 Å². The largest absolute Gasteiger partial charge is 0.467 e. The summed E-state index contributed by atoms with van der Waals surface area (Å²) in [5.74, 6) is -0.911. The molecule has 3 aromatic rings. The lowest BCUT2D eigenvalue weighted by Gasteiger charge is -2.22. The van der Waals surface area contributed by atoms with Gasteiger partial charge in [0.2, 0.25) is 0 Å². The number of benzene rings is 2. The average molecular weight is 402 g/mol. The highest BCUT2D eigenvalue weighted by molar-refractivity contribution is 5.85. The summed E-state index contributed by atoms with van der Waals surface area (Å²) in [7, 11) is 0. The molecule has 1 aromatic heterocycles. The Bertz CT molecular complexity index is 940. The lowest BCUT2D eigenvalue weighted by atomic mass is 9.91. The molecule has 152 valence electrons. The van der Waals surface area contributed by atoms with Gasteiger partial charge in [0, 0.05) is 6.54 Å². The Hall–Kier alpha value is -3.85. The number of ether oxygens (including phenoxy) is 1. The third-order valence-corrected chi connectivity index (χ3v) is 4.61. The van der Waals surface area contributed by atoms with Crippen LogP contribution in [0.5, 0.6) is 0 Å². The van der Waals surface area contributed by atoms with Gasteiger partial charge in [-0.1, -0.05) is 60.7 Å². The van der Waals surface area contributed by atoms with Crippen LogP contribution in [0.4, 0.5) is 0 Å². The van der Waals surface area contributed by atoms with Crippen LogP contribution in [0, 0.1) is 11.3 Å². The van der Waals surface area contributed by atoms with E-state index in [1.165, 1.54) is 11.2 Å². The van der Waals surface area contributed by atoms with Gasteiger partial charge in [-0.3, -0.25) is 9.59 Å². The van der Waals surface area contributed by atoms with E-state index in [1.54, 1.807) is 12.1 Å². The van der Waals surface area contributed by atoms with Gasteiger partial charge >= 0.3 is 5.97 Å². The van der Waals surface area contributed by atoms with Gasteiger partial charge < -0.3 is 14.1 Å². The van der Waals surface area contributed by atoms with Gasteiger partial charge in [0.15, 0.2) is 6.61 Å². The van der Waals surface area contributed by atoms with E-state index < -0.39 is 18.5 Å². The molecule has 0 bridgehead atoms. The summed E-state index contributed by atoms with van der Waals surface area (Å²) in [6, 6.07) is 24.1. The second-order valence-electron chi connectivity index (χ2n) is 6.66. The van der Waals surface area contributed by atoms with Gasteiger partial charge in [-0.25, -0.2) is 0 Å². The number of hydrogen-bond donors (Lipinski definition) is 0. The summed E-state index contributed by atoms with van der Waals surface area (Å²) < 4.78 is 10.7. The van der Waals surface area contributed by atoms with Crippen LogP contribution < -0.4 is 0 Å². The third kappa shape index (κ3) is 5.58. The monoisotopic (exact) mass is 402 g/mol. The molecule has 0 N–H and O–H groups in total. The number of furan rings is 1. The summed E-state index contributed by atoms with van der Waals surface area (Å²) in [4.78, 5) is 27.1. The van der Waals surface area contributed by atoms with Crippen molar-refractivity contribution in [3.05, 3.63) is 95.9 Å². The van der Waals surface area contributed by atoms with E-state index in [4.69, 9.17) is 14.4 Å². The van der Waals surface area contributed by atoms with Crippen LogP contribution >= 0.6 is 0 Å². The Morgan fingerprint density at radius 3 is 2.13 bits per heavy atom. The highest BCUT2D eigenvalue weighted by Gasteiger charge is 2.26. The maximum Gasteiger partial charge on any atom is 0.318 e. The third-order valence-electron chi connectivity index (χ3n) is 4.61. The number of carbonyl (C=O) groups is 2. The molecule has 0 aliphatic carbocycles. The van der Waals surface area contributed by atoms with Crippen molar-refractivity contribution in [2.24, 2.45) is 0 Å². The van der Waals surface area contributed by atoms with Crippen LogP contribution in [0.1, 0.15) is 29.2 Å². The normalized spacial score (nSPS) is 10.4. The SMILES string of the molecule is N#CCCN(Cc1ccco1)C(=O)COC(=O)C(c1ccccc1)c1ccccc1. The maximum absolute atomic E-state index is 12.9. The number of esters is 1. The summed E-state index contributed by atoms with van der Waals surface area (Å²) in [6.07, 6.45) is 1.70. The highest BCUT2D eigenvalue weighted by atomic mass is 16.5. The molecule has 0 spiro atoms. The van der Waals surface area contributed by atoms with Crippen LogP contribution in [0.15, 0.2) is 83.5 Å². The van der Waals surface area contributed by atoms with Crippen LogP contribution in [0.3, 0.4) is 0 Å². The van der Waals surface area contributed by atoms with E-state index >= 15 is 0 Å². The Morgan fingerprint density at radius 2 is 1.60 bits per heavy atom. The highest BCUT2D eigenvalue weighted by Crippen LogP contribution is 2.26. The van der Waals surface area contributed by atoms with Crippen molar-refractivity contribution in [3.8, 4) is 6.07 Å². The fourth-order valence-corrected chi connectivity index (χ4v) is 3.13.